The Bertz CT molecular complexity index is 356. The van der Waals surface area contributed by atoms with E-state index in [2.05, 4.69) is 0 Å². The minimum Gasteiger partial charge on any atom is -0.504 e. The van der Waals surface area contributed by atoms with E-state index in [-0.39, 0.29) is 22.6 Å². The molecule has 1 aromatic rings. The van der Waals surface area contributed by atoms with Crippen LogP contribution in [0.25, 0.3) is 0 Å². The van der Waals surface area contributed by atoms with Crippen LogP contribution >= 0.6 is 0 Å². The first-order valence-corrected chi connectivity index (χ1v) is 4.00. The first kappa shape index (κ1) is 13.2. The molecule has 0 radical (unpaired) electrons. The molecule has 0 saturated heterocycles. The number of phenolic OH excluding ortho intramolecular Hbond substituents is 2. The molecule has 0 aliphatic heterocycles. The van der Waals surface area contributed by atoms with Crippen molar-refractivity contribution in [3.05, 3.63) is 23.8 Å². The summed E-state index contributed by atoms with van der Waals surface area (Å²) in [6, 6.07) is 3.09. The first-order valence-electron chi connectivity index (χ1n) is 4.00. The third-order valence-corrected chi connectivity index (χ3v) is 1.81. The molecular formula is C9H12FNO4. The molecule has 0 fully saturated rings. The zero-order valence-electron chi connectivity index (χ0n) is 7.75. The number of phenols is 2. The average molecular weight is 217 g/mol. The fourth-order valence-corrected chi connectivity index (χ4v) is 1.04. The van der Waals surface area contributed by atoms with Crippen molar-refractivity contribution in [3.8, 4) is 11.5 Å². The van der Waals surface area contributed by atoms with Crippen LogP contribution in [0.3, 0.4) is 0 Å². The van der Waals surface area contributed by atoms with Gasteiger partial charge in [0.1, 0.15) is 6.04 Å². The highest BCUT2D eigenvalue weighted by Gasteiger charge is 2.12. The second kappa shape index (κ2) is 5.16. The Morgan fingerprint density at radius 2 is 1.93 bits per heavy atom. The van der Waals surface area contributed by atoms with Crippen LogP contribution < -0.4 is 5.73 Å². The van der Waals surface area contributed by atoms with E-state index in [1.165, 1.54) is 18.2 Å². The van der Waals surface area contributed by atoms with Gasteiger partial charge in [0.05, 0.1) is 0 Å². The molecule has 84 valence electrons. The SMILES string of the molecule is F.NC(Cc1ccc(O)c(O)c1)C(=O)O. The maximum Gasteiger partial charge on any atom is 0.320 e. The lowest BCUT2D eigenvalue weighted by molar-refractivity contribution is -0.138. The van der Waals surface area contributed by atoms with Gasteiger partial charge in [-0.05, 0) is 24.1 Å². The lowest BCUT2D eigenvalue weighted by atomic mass is 10.1. The van der Waals surface area contributed by atoms with E-state index < -0.39 is 12.0 Å². The lowest BCUT2D eigenvalue weighted by Crippen LogP contribution is -2.32. The molecule has 0 amide bonds. The molecule has 6 heteroatoms. The summed E-state index contributed by atoms with van der Waals surface area (Å²) in [6.07, 6.45) is 0.114. The lowest BCUT2D eigenvalue weighted by Gasteiger charge is -2.06. The Hall–Kier alpha value is -1.82. The van der Waals surface area contributed by atoms with E-state index in [4.69, 9.17) is 21.1 Å². The first-order chi connectivity index (χ1) is 6.50. The standard InChI is InChI=1S/C9H11NO4.FH/c10-6(9(13)14)3-5-1-2-7(11)8(12)4-5;/h1-2,4,6,11-12H,3,10H2,(H,13,14);1H. The van der Waals surface area contributed by atoms with E-state index in [1.54, 1.807) is 0 Å². The monoisotopic (exact) mass is 217 g/mol. The Balaban J connectivity index is 0.00000196. The highest BCUT2D eigenvalue weighted by Crippen LogP contribution is 2.25. The van der Waals surface area contributed by atoms with E-state index in [1.807, 2.05) is 0 Å². The van der Waals surface area contributed by atoms with Crippen molar-refractivity contribution < 1.29 is 24.8 Å². The maximum atomic E-state index is 10.4. The van der Waals surface area contributed by atoms with Crippen LogP contribution in [-0.2, 0) is 11.2 Å². The topological polar surface area (TPSA) is 104 Å². The number of hydrogen-bond donors (Lipinski definition) is 4. The zero-order chi connectivity index (χ0) is 10.7. The van der Waals surface area contributed by atoms with E-state index in [9.17, 15) is 4.79 Å². The molecule has 15 heavy (non-hydrogen) atoms. The van der Waals surface area contributed by atoms with Crippen LogP contribution in [0.2, 0.25) is 0 Å². The number of hydrogen-bond acceptors (Lipinski definition) is 4. The minimum absolute atomic E-state index is 0. The molecule has 0 aromatic heterocycles. The highest BCUT2D eigenvalue weighted by atomic mass is 19.0. The van der Waals surface area contributed by atoms with Gasteiger partial charge in [-0.15, -0.1) is 0 Å². The van der Waals surface area contributed by atoms with Crippen molar-refractivity contribution in [3.63, 3.8) is 0 Å². The van der Waals surface area contributed by atoms with E-state index in [0.717, 1.165) is 0 Å². The number of rotatable bonds is 3. The number of carboxylic acids is 1. The highest BCUT2D eigenvalue weighted by molar-refractivity contribution is 5.73. The van der Waals surface area contributed by atoms with Gasteiger partial charge in [-0.2, -0.15) is 0 Å². The predicted molar refractivity (Wildman–Crippen MR) is 51.6 cm³/mol. The number of halogens is 1. The Labute approximate surface area is 85.1 Å². The largest absolute Gasteiger partial charge is 0.504 e. The van der Waals surface area contributed by atoms with Gasteiger partial charge in [0, 0.05) is 0 Å². The summed E-state index contributed by atoms with van der Waals surface area (Å²) in [6.45, 7) is 0. The van der Waals surface area contributed by atoms with Crippen molar-refractivity contribution in [1.29, 1.82) is 0 Å². The van der Waals surface area contributed by atoms with E-state index >= 15 is 0 Å². The Morgan fingerprint density at radius 1 is 1.33 bits per heavy atom. The van der Waals surface area contributed by atoms with Crippen molar-refractivity contribution in [2.75, 3.05) is 0 Å². The maximum absolute atomic E-state index is 10.4. The molecule has 0 heterocycles. The number of carboxylic acid groups (broad SMARTS) is 1. The third-order valence-electron chi connectivity index (χ3n) is 1.81. The second-order valence-corrected chi connectivity index (χ2v) is 2.97. The fourth-order valence-electron chi connectivity index (χ4n) is 1.04. The van der Waals surface area contributed by atoms with Gasteiger partial charge in [0.15, 0.2) is 11.5 Å². The molecule has 0 bridgehead atoms. The van der Waals surface area contributed by atoms with Crippen LogP contribution in [0.1, 0.15) is 5.56 Å². The summed E-state index contributed by atoms with van der Waals surface area (Å²) in [7, 11) is 0. The summed E-state index contributed by atoms with van der Waals surface area (Å²) in [5.41, 5.74) is 5.86. The minimum atomic E-state index is -1.10. The van der Waals surface area contributed by atoms with Gasteiger partial charge >= 0.3 is 5.97 Å². The fraction of sp³-hybridized carbons (Fsp3) is 0.222. The van der Waals surface area contributed by atoms with Gasteiger partial charge in [-0.25, -0.2) is 0 Å². The summed E-state index contributed by atoms with van der Waals surface area (Å²) in [5.74, 6) is -1.62. The quantitative estimate of drug-likeness (QED) is 0.541. The molecule has 5 N–H and O–H groups in total. The van der Waals surface area contributed by atoms with Crippen LogP contribution in [-0.4, -0.2) is 27.3 Å². The number of nitrogens with two attached hydrogens (primary N) is 1. The molecule has 1 rings (SSSR count). The average Bonchev–Trinajstić information content (AvgIpc) is 2.11. The Morgan fingerprint density at radius 3 is 2.40 bits per heavy atom. The number of benzene rings is 1. The van der Waals surface area contributed by atoms with Gasteiger partial charge in [0.2, 0.25) is 0 Å². The van der Waals surface area contributed by atoms with Crippen molar-refractivity contribution in [1.82, 2.24) is 0 Å². The summed E-state index contributed by atoms with van der Waals surface area (Å²) < 4.78 is 0. The Kier molecular flexibility index (Phi) is 4.53. The van der Waals surface area contributed by atoms with Crippen LogP contribution in [0.4, 0.5) is 4.70 Å². The number of carbonyl (C=O) groups is 1. The molecule has 0 aliphatic carbocycles. The smallest absolute Gasteiger partial charge is 0.320 e. The normalized spacial score (nSPS) is 11.5. The summed E-state index contributed by atoms with van der Waals surface area (Å²) >= 11 is 0. The van der Waals surface area contributed by atoms with Crippen LogP contribution in [0.5, 0.6) is 11.5 Å². The molecule has 1 atom stereocenters. The molecule has 1 unspecified atom stereocenters. The second-order valence-electron chi connectivity index (χ2n) is 2.97. The van der Waals surface area contributed by atoms with Crippen LogP contribution in [0, 0.1) is 0 Å². The van der Waals surface area contributed by atoms with E-state index in [0.29, 0.717) is 5.56 Å². The molecule has 0 aliphatic rings. The third kappa shape index (κ3) is 3.43. The van der Waals surface area contributed by atoms with Gasteiger partial charge in [-0.1, -0.05) is 6.07 Å². The predicted octanol–water partition coefficient (Wildman–Crippen LogP) is 0.205. The molecule has 5 nitrogen and oxygen atoms in total. The molecule has 0 spiro atoms. The van der Waals surface area contributed by atoms with Gasteiger partial charge < -0.3 is 21.1 Å². The van der Waals surface area contributed by atoms with Crippen molar-refractivity contribution in [2.24, 2.45) is 5.73 Å². The summed E-state index contributed by atoms with van der Waals surface area (Å²) in [5, 5.41) is 26.6. The van der Waals surface area contributed by atoms with Gasteiger partial charge in [0.25, 0.3) is 0 Å². The van der Waals surface area contributed by atoms with Gasteiger partial charge in [-0.3, -0.25) is 9.50 Å². The molecular weight excluding hydrogens is 205 g/mol. The zero-order valence-corrected chi connectivity index (χ0v) is 7.75. The number of aliphatic carboxylic acids is 1. The molecule has 1 aromatic carbocycles. The van der Waals surface area contributed by atoms with Crippen molar-refractivity contribution >= 4 is 5.97 Å². The number of aromatic hydroxyl groups is 2. The summed E-state index contributed by atoms with van der Waals surface area (Å²) in [4.78, 5) is 10.4. The van der Waals surface area contributed by atoms with Crippen LogP contribution in [0.15, 0.2) is 18.2 Å². The molecule has 0 saturated carbocycles. The van der Waals surface area contributed by atoms with Crippen molar-refractivity contribution in [2.45, 2.75) is 12.5 Å².